The molecule has 4 N–H and O–H groups in total. The molecule has 0 heterocycles. The van der Waals surface area contributed by atoms with Gasteiger partial charge in [0.25, 0.3) is 0 Å². The van der Waals surface area contributed by atoms with Crippen LogP contribution in [-0.4, -0.2) is 22.7 Å². The van der Waals surface area contributed by atoms with Crippen LogP contribution in [-0.2, 0) is 17.1 Å². The molecule has 0 saturated heterocycles. The van der Waals surface area contributed by atoms with Crippen LogP contribution < -0.4 is 5.73 Å². The molecule has 0 aliphatic rings. The third kappa shape index (κ3) is 16.1. The fourth-order valence-electron chi connectivity index (χ4n) is 0. The van der Waals surface area contributed by atoms with Gasteiger partial charge in [-0.25, -0.2) is 0 Å². The second-order valence-electron chi connectivity index (χ2n) is 2.15. The molecule has 0 spiro atoms. The Bertz CT molecular complexity index is 43.8. The van der Waals surface area contributed by atoms with Gasteiger partial charge in [-0.15, -0.1) is 0 Å². The fraction of sp³-hybridized carbons (Fsp3) is 1.00. The molecule has 3 nitrogen and oxygen atoms in total. The molecule has 0 amide bonds. The van der Waals surface area contributed by atoms with Crippen LogP contribution in [0, 0.1) is 0 Å². The van der Waals surface area contributed by atoms with Crippen LogP contribution in [0.15, 0.2) is 0 Å². The first-order chi connectivity index (χ1) is 2.56. The molecule has 0 fully saturated rings. The number of nitrogens with two attached hydrogens (primary N) is 1. The Hall–Kier alpha value is 0.399. The first-order valence-electron chi connectivity index (χ1n) is 1.96. The summed E-state index contributed by atoms with van der Waals surface area (Å²) in [5, 5.41) is 8.28. The Morgan fingerprint density at radius 1 is 1.50 bits per heavy atom. The minimum Gasteiger partial charge on any atom is -0.870 e. The van der Waals surface area contributed by atoms with E-state index in [1.807, 2.05) is 0 Å². The van der Waals surface area contributed by atoms with Crippen molar-refractivity contribution in [3.8, 4) is 0 Å². The van der Waals surface area contributed by atoms with E-state index in [1.165, 1.54) is 0 Å². The largest absolute Gasteiger partial charge is 1.00 e. The summed E-state index contributed by atoms with van der Waals surface area (Å²) < 4.78 is 0. The van der Waals surface area contributed by atoms with E-state index in [1.54, 1.807) is 13.8 Å². The molecule has 8 heavy (non-hydrogen) atoms. The normalized spacial score (nSPS) is 9.00. The number of rotatable bonds is 1. The summed E-state index contributed by atoms with van der Waals surface area (Å²) in [5.74, 6) is 0. The maximum absolute atomic E-state index is 8.28. The Kier molecular flexibility index (Phi) is 10.9. The minimum atomic E-state index is -0.403. The standard InChI is InChI=1S/C4H11NO.Cu.H2O/c1-4(2,5)3-6;;/h6H,3,5H2,1-2H3;;1H2/q;+1;/p-1. The Morgan fingerprint density at radius 3 is 1.62 bits per heavy atom. The monoisotopic (exact) mass is 169 g/mol. The van der Waals surface area contributed by atoms with Gasteiger partial charge >= 0.3 is 17.1 Å². The van der Waals surface area contributed by atoms with E-state index in [2.05, 4.69) is 0 Å². The van der Waals surface area contributed by atoms with Crippen LogP contribution >= 0.6 is 0 Å². The maximum atomic E-state index is 8.28. The Labute approximate surface area is 60.0 Å². The van der Waals surface area contributed by atoms with Gasteiger partial charge in [0.05, 0.1) is 6.61 Å². The van der Waals surface area contributed by atoms with E-state index in [-0.39, 0.29) is 29.2 Å². The summed E-state index contributed by atoms with van der Waals surface area (Å²) in [7, 11) is 0. The third-order valence-electron chi connectivity index (χ3n) is 0.408. The van der Waals surface area contributed by atoms with Crippen LogP contribution in [0.4, 0.5) is 0 Å². The number of aliphatic hydroxyl groups is 1. The van der Waals surface area contributed by atoms with E-state index in [0.29, 0.717) is 0 Å². The number of hydrogen-bond acceptors (Lipinski definition) is 3. The summed E-state index contributed by atoms with van der Waals surface area (Å²) in [6.07, 6.45) is 0. The van der Waals surface area contributed by atoms with Gasteiger partial charge < -0.3 is 16.3 Å². The van der Waals surface area contributed by atoms with Crippen molar-refractivity contribution >= 4 is 0 Å². The fourth-order valence-corrected chi connectivity index (χ4v) is 0. The summed E-state index contributed by atoms with van der Waals surface area (Å²) in [4.78, 5) is 0. The molecule has 0 saturated carbocycles. The first-order valence-corrected chi connectivity index (χ1v) is 1.96. The van der Waals surface area contributed by atoms with Gasteiger partial charge in [-0.1, -0.05) is 0 Å². The molecule has 0 bridgehead atoms. The van der Waals surface area contributed by atoms with Gasteiger partial charge in [0.1, 0.15) is 0 Å². The smallest absolute Gasteiger partial charge is 0.870 e. The van der Waals surface area contributed by atoms with Crippen LogP contribution in [0.5, 0.6) is 0 Å². The van der Waals surface area contributed by atoms with Crippen molar-refractivity contribution in [2.45, 2.75) is 19.4 Å². The second-order valence-corrected chi connectivity index (χ2v) is 2.15. The van der Waals surface area contributed by atoms with Gasteiger partial charge in [-0.2, -0.15) is 0 Å². The molecular weight excluding hydrogens is 158 g/mol. The number of hydrogen-bond donors (Lipinski definition) is 2. The summed E-state index contributed by atoms with van der Waals surface area (Å²) in [5.41, 5.74) is 4.88. The average Bonchev–Trinajstić information content (AvgIpc) is 1.35. The maximum Gasteiger partial charge on any atom is 1.00 e. The van der Waals surface area contributed by atoms with Crippen molar-refractivity contribution in [3.05, 3.63) is 0 Å². The zero-order valence-electron chi connectivity index (χ0n) is 4.98. The summed E-state index contributed by atoms with van der Waals surface area (Å²) in [6.45, 7) is 3.59. The Balaban J connectivity index is -0.000000125. The van der Waals surface area contributed by atoms with Crippen LogP contribution in [0.1, 0.15) is 13.8 Å². The van der Waals surface area contributed by atoms with E-state index in [0.717, 1.165) is 0 Å². The summed E-state index contributed by atoms with van der Waals surface area (Å²) in [6, 6.07) is 0. The SMILES string of the molecule is CC(C)(N)CO.[Cu+].[OH-]. The summed E-state index contributed by atoms with van der Waals surface area (Å²) >= 11 is 0. The van der Waals surface area contributed by atoms with E-state index >= 15 is 0 Å². The molecule has 0 aromatic heterocycles. The van der Waals surface area contributed by atoms with E-state index in [9.17, 15) is 0 Å². The van der Waals surface area contributed by atoms with Crippen molar-refractivity contribution in [3.63, 3.8) is 0 Å². The molecule has 0 aliphatic heterocycles. The van der Waals surface area contributed by atoms with Crippen molar-refractivity contribution in [1.29, 1.82) is 0 Å². The van der Waals surface area contributed by atoms with Gasteiger partial charge in [-0.05, 0) is 13.8 Å². The molecular formula is C4H12CuNO2. The topological polar surface area (TPSA) is 76.2 Å². The van der Waals surface area contributed by atoms with E-state index in [4.69, 9.17) is 10.8 Å². The van der Waals surface area contributed by atoms with Crippen molar-refractivity contribution < 1.29 is 27.7 Å². The van der Waals surface area contributed by atoms with Gasteiger partial charge in [-0.3, -0.25) is 0 Å². The molecule has 0 rings (SSSR count). The molecule has 0 aromatic rings. The molecule has 0 unspecified atom stereocenters. The predicted octanol–water partition coefficient (Wildman–Crippen LogP) is -0.463. The van der Waals surface area contributed by atoms with Gasteiger partial charge in [0.2, 0.25) is 0 Å². The molecule has 0 atom stereocenters. The van der Waals surface area contributed by atoms with Crippen LogP contribution in [0.2, 0.25) is 0 Å². The predicted molar refractivity (Wildman–Crippen MR) is 27.3 cm³/mol. The first kappa shape index (κ1) is 15.8. The van der Waals surface area contributed by atoms with Crippen molar-refractivity contribution in [1.82, 2.24) is 0 Å². The number of aliphatic hydroxyl groups excluding tert-OH is 1. The molecule has 0 radical (unpaired) electrons. The van der Waals surface area contributed by atoms with Crippen LogP contribution in [0.3, 0.4) is 0 Å². The third-order valence-corrected chi connectivity index (χ3v) is 0.408. The van der Waals surface area contributed by atoms with Crippen molar-refractivity contribution in [2.24, 2.45) is 5.73 Å². The molecule has 0 aliphatic carbocycles. The zero-order valence-corrected chi connectivity index (χ0v) is 5.92. The van der Waals surface area contributed by atoms with Gasteiger partial charge in [0.15, 0.2) is 0 Å². The van der Waals surface area contributed by atoms with Crippen molar-refractivity contribution in [2.75, 3.05) is 6.61 Å². The zero-order chi connectivity index (χ0) is 5.21. The molecule has 56 valence electrons. The van der Waals surface area contributed by atoms with E-state index < -0.39 is 5.54 Å². The minimum absolute atomic E-state index is 0. The molecule has 0 aromatic carbocycles. The van der Waals surface area contributed by atoms with Crippen LogP contribution in [0.25, 0.3) is 0 Å². The van der Waals surface area contributed by atoms with Gasteiger partial charge in [0, 0.05) is 5.54 Å². The quantitative estimate of drug-likeness (QED) is 0.522. The Morgan fingerprint density at radius 2 is 1.62 bits per heavy atom. The average molecular weight is 170 g/mol. The molecule has 4 heteroatoms. The second kappa shape index (κ2) is 5.53.